The Kier molecular flexibility index (Phi) is 3.78. The van der Waals surface area contributed by atoms with E-state index in [1.807, 2.05) is 6.92 Å². The van der Waals surface area contributed by atoms with Crippen molar-refractivity contribution in [2.75, 3.05) is 13.7 Å². The molecule has 0 aromatic carbocycles. The van der Waals surface area contributed by atoms with Gasteiger partial charge >= 0.3 is 0 Å². The summed E-state index contributed by atoms with van der Waals surface area (Å²) in [5.41, 5.74) is 5.39. The van der Waals surface area contributed by atoms with E-state index in [9.17, 15) is 0 Å². The number of aromatic nitrogens is 4. The number of aryl methyl sites for hydroxylation is 1. The van der Waals surface area contributed by atoms with Crippen molar-refractivity contribution in [2.45, 2.75) is 26.0 Å². The van der Waals surface area contributed by atoms with Crippen molar-refractivity contribution in [3.05, 3.63) is 5.82 Å². The molecule has 1 unspecified atom stereocenters. The number of methoxy groups -OCH3 is 1. The van der Waals surface area contributed by atoms with Gasteiger partial charge in [-0.25, -0.2) is 4.68 Å². The van der Waals surface area contributed by atoms with E-state index in [4.69, 9.17) is 10.5 Å². The van der Waals surface area contributed by atoms with Gasteiger partial charge in [-0.3, -0.25) is 0 Å². The van der Waals surface area contributed by atoms with Gasteiger partial charge in [0.2, 0.25) is 0 Å². The second-order valence-electron chi connectivity index (χ2n) is 2.78. The SMILES string of the molecule is COC(C)c1nnnn1CCCN. The highest BCUT2D eigenvalue weighted by molar-refractivity contribution is 4.85. The molecule has 0 spiro atoms. The number of rotatable bonds is 5. The molecule has 1 aromatic heterocycles. The Balaban J connectivity index is 2.65. The van der Waals surface area contributed by atoms with Gasteiger partial charge in [0, 0.05) is 13.7 Å². The third kappa shape index (κ3) is 2.46. The highest BCUT2D eigenvalue weighted by Gasteiger charge is 2.12. The van der Waals surface area contributed by atoms with Crippen molar-refractivity contribution in [2.24, 2.45) is 5.73 Å². The highest BCUT2D eigenvalue weighted by Crippen LogP contribution is 2.10. The maximum Gasteiger partial charge on any atom is 0.179 e. The average Bonchev–Trinajstić information content (AvgIpc) is 2.61. The van der Waals surface area contributed by atoms with Crippen LogP contribution in [0.25, 0.3) is 0 Å². The summed E-state index contributed by atoms with van der Waals surface area (Å²) in [6.07, 6.45) is 0.793. The van der Waals surface area contributed by atoms with Crippen LogP contribution < -0.4 is 5.73 Å². The Bertz CT molecular complexity index is 249. The van der Waals surface area contributed by atoms with E-state index in [-0.39, 0.29) is 6.10 Å². The number of hydrogen-bond donors (Lipinski definition) is 1. The van der Waals surface area contributed by atoms with Crippen molar-refractivity contribution in [1.29, 1.82) is 0 Å². The normalized spacial score (nSPS) is 13.2. The zero-order valence-corrected chi connectivity index (χ0v) is 7.97. The van der Waals surface area contributed by atoms with Crippen LogP contribution in [0.2, 0.25) is 0 Å². The standard InChI is InChI=1S/C7H15N5O/c1-6(13-2)7-9-10-11-12(7)5-3-4-8/h6H,3-5,8H2,1-2H3. The van der Waals surface area contributed by atoms with Crippen LogP contribution in [0.1, 0.15) is 25.3 Å². The molecule has 1 atom stereocenters. The lowest BCUT2D eigenvalue weighted by Crippen LogP contribution is -2.12. The van der Waals surface area contributed by atoms with Gasteiger partial charge in [-0.1, -0.05) is 0 Å². The minimum Gasteiger partial charge on any atom is -0.374 e. The first-order chi connectivity index (χ1) is 6.29. The summed E-state index contributed by atoms with van der Waals surface area (Å²) < 4.78 is 6.84. The van der Waals surface area contributed by atoms with Crippen molar-refractivity contribution in [3.63, 3.8) is 0 Å². The number of hydrogen-bond acceptors (Lipinski definition) is 5. The van der Waals surface area contributed by atoms with Crippen LogP contribution in [0.3, 0.4) is 0 Å². The van der Waals surface area contributed by atoms with Crippen LogP contribution in [0.5, 0.6) is 0 Å². The van der Waals surface area contributed by atoms with Crippen LogP contribution in [0.4, 0.5) is 0 Å². The molecular formula is C7H15N5O. The van der Waals surface area contributed by atoms with Gasteiger partial charge in [0.05, 0.1) is 0 Å². The Morgan fingerprint density at radius 2 is 2.38 bits per heavy atom. The van der Waals surface area contributed by atoms with Gasteiger partial charge in [0.1, 0.15) is 6.10 Å². The molecule has 6 nitrogen and oxygen atoms in total. The molecule has 0 aliphatic rings. The summed E-state index contributed by atoms with van der Waals surface area (Å²) in [6, 6.07) is 0. The Morgan fingerprint density at radius 3 is 3.00 bits per heavy atom. The molecule has 1 rings (SSSR count). The third-order valence-corrected chi connectivity index (χ3v) is 1.85. The monoisotopic (exact) mass is 185 g/mol. The fourth-order valence-electron chi connectivity index (χ4n) is 1.01. The molecular weight excluding hydrogens is 170 g/mol. The van der Waals surface area contributed by atoms with Crippen molar-refractivity contribution < 1.29 is 4.74 Å². The lowest BCUT2D eigenvalue weighted by molar-refractivity contribution is 0.107. The first kappa shape index (κ1) is 10.1. The number of tetrazole rings is 1. The molecule has 13 heavy (non-hydrogen) atoms. The first-order valence-corrected chi connectivity index (χ1v) is 4.28. The summed E-state index contributed by atoms with van der Waals surface area (Å²) in [4.78, 5) is 0. The fraction of sp³-hybridized carbons (Fsp3) is 0.857. The van der Waals surface area contributed by atoms with Gasteiger partial charge in [-0.15, -0.1) is 5.10 Å². The minimum atomic E-state index is -0.0761. The summed E-state index contributed by atoms with van der Waals surface area (Å²) in [5, 5.41) is 11.3. The van der Waals surface area contributed by atoms with Crippen LogP contribution in [-0.4, -0.2) is 33.9 Å². The molecule has 0 saturated carbocycles. The van der Waals surface area contributed by atoms with Crippen molar-refractivity contribution in [3.8, 4) is 0 Å². The summed E-state index contributed by atoms with van der Waals surface area (Å²) in [6.45, 7) is 3.29. The lowest BCUT2D eigenvalue weighted by Gasteiger charge is -2.08. The van der Waals surface area contributed by atoms with Crippen molar-refractivity contribution in [1.82, 2.24) is 20.2 Å². The van der Waals surface area contributed by atoms with Crippen LogP contribution in [-0.2, 0) is 11.3 Å². The molecule has 2 N–H and O–H groups in total. The fourth-order valence-corrected chi connectivity index (χ4v) is 1.01. The van der Waals surface area contributed by atoms with Crippen LogP contribution >= 0.6 is 0 Å². The quantitative estimate of drug-likeness (QED) is 0.683. The molecule has 6 heteroatoms. The molecule has 0 aliphatic carbocycles. The molecule has 0 saturated heterocycles. The summed E-state index contributed by atoms with van der Waals surface area (Å²) in [7, 11) is 1.63. The Hall–Kier alpha value is -1.01. The topological polar surface area (TPSA) is 78.9 Å². The van der Waals surface area contributed by atoms with E-state index in [0.717, 1.165) is 18.8 Å². The molecule has 0 radical (unpaired) electrons. The molecule has 1 aromatic rings. The second kappa shape index (κ2) is 4.88. The molecule has 0 aliphatic heterocycles. The predicted octanol–water partition coefficient (Wildman–Crippen LogP) is -0.271. The smallest absolute Gasteiger partial charge is 0.179 e. The average molecular weight is 185 g/mol. The second-order valence-corrected chi connectivity index (χ2v) is 2.78. The maximum absolute atomic E-state index is 5.39. The summed E-state index contributed by atoms with van der Waals surface area (Å²) in [5.74, 6) is 0.746. The van der Waals surface area contributed by atoms with Gasteiger partial charge in [-0.2, -0.15) is 0 Å². The van der Waals surface area contributed by atoms with Crippen LogP contribution in [0.15, 0.2) is 0 Å². The third-order valence-electron chi connectivity index (χ3n) is 1.85. The Labute approximate surface area is 77.1 Å². The van der Waals surface area contributed by atoms with Gasteiger partial charge in [-0.05, 0) is 30.3 Å². The number of ether oxygens (including phenoxy) is 1. The molecule has 0 amide bonds. The summed E-state index contributed by atoms with van der Waals surface area (Å²) >= 11 is 0. The maximum atomic E-state index is 5.39. The first-order valence-electron chi connectivity index (χ1n) is 4.28. The number of nitrogens with zero attached hydrogens (tertiary/aromatic N) is 4. The largest absolute Gasteiger partial charge is 0.374 e. The zero-order chi connectivity index (χ0) is 9.68. The van der Waals surface area contributed by atoms with Gasteiger partial charge in [0.25, 0.3) is 0 Å². The zero-order valence-electron chi connectivity index (χ0n) is 7.97. The highest BCUT2D eigenvalue weighted by atomic mass is 16.5. The van der Waals surface area contributed by atoms with E-state index < -0.39 is 0 Å². The number of nitrogens with two attached hydrogens (primary N) is 1. The van der Waals surface area contributed by atoms with E-state index in [2.05, 4.69) is 15.5 Å². The van der Waals surface area contributed by atoms with E-state index in [1.54, 1.807) is 11.8 Å². The van der Waals surface area contributed by atoms with Gasteiger partial charge in [0.15, 0.2) is 5.82 Å². The molecule has 0 fully saturated rings. The predicted molar refractivity (Wildman–Crippen MR) is 46.9 cm³/mol. The minimum absolute atomic E-state index is 0.0761. The molecule has 74 valence electrons. The lowest BCUT2D eigenvalue weighted by atomic mass is 10.3. The van der Waals surface area contributed by atoms with Crippen molar-refractivity contribution >= 4 is 0 Å². The Morgan fingerprint density at radius 1 is 1.62 bits per heavy atom. The molecule has 0 bridgehead atoms. The molecule has 1 heterocycles. The van der Waals surface area contributed by atoms with E-state index >= 15 is 0 Å². The van der Waals surface area contributed by atoms with Gasteiger partial charge < -0.3 is 10.5 Å². The van der Waals surface area contributed by atoms with E-state index in [1.165, 1.54) is 0 Å². The van der Waals surface area contributed by atoms with E-state index in [0.29, 0.717) is 6.54 Å². The van der Waals surface area contributed by atoms with Crippen LogP contribution in [0, 0.1) is 0 Å².